The van der Waals surface area contributed by atoms with Crippen LogP contribution < -0.4 is 15.3 Å². The quantitative estimate of drug-likeness (QED) is 0.187. The number of halogens is 3. The minimum atomic E-state index is -4.58. The van der Waals surface area contributed by atoms with E-state index in [1.54, 1.807) is 10.9 Å². The molecule has 0 unspecified atom stereocenters. The van der Waals surface area contributed by atoms with Gasteiger partial charge in [0.15, 0.2) is 0 Å². The van der Waals surface area contributed by atoms with Gasteiger partial charge in [0.25, 0.3) is 5.91 Å². The molecule has 0 aliphatic carbocycles. The molecule has 0 aliphatic heterocycles. The summed E-state index contributed by atoms with van der Waals surface area (Å²) in [6.07, 6.45) is -3.00. The van der Waals surface area contributed by atoms with Gasteiger partial charge in [0.2, 0.25) is 0 Å². The first-order chi connectivity index (χ1) is 19.2. The van der Waals surface area contributed by atoms with Gasteiger partial charge in [-0.3, -0.25) is 15.2 Å². The van der Waals surface area contributed by atoms with E-state index in [4.69, 9.17) is 4.74 Å². The molecule has 0 saturated carbocycles. The minimum absolute atomic E-state index is 0.0523. The number of nitrogens with one attached hydrogen (secondary N) is 1. The molecule has 40 heavy (non-hydrogen) atoms. The van der Waals surface area contributed by atoms with Gasteiger partial charge in [-0.05, 0) is 36.4 Å². The highest BCUT2D eigenvalue weighted by Crippen LogP contribution is 2.35. The Kier molecular flexibility index (Phi) is 7.23. The SMILES string of the molecule is O=C(Nc1cc(Oc2cccc(C(F)(F)F)c2)cc(N(O)O)c1)c1cn(-c2ccccc2)nc1-c1ccccc1. The van der Waals surface area contributed by atoms with Crippen LogP contribution in [-0.2, 0) is 6.18 Å². The number of para-hydroxylation sites is 1. The lowest BCUT2D eigenvalue weighted by Crippen LogP contribution is -2.15. The fraction of sp³-hybridized carbons (Fsp3) is 0.0345. The van der Waals surface area contributed by atoms with Crippen LogP contribution in [0.5, 0.6) is 11.5 Å². The zero-order valence-corrected chi connectivity index (χ0v) is 20.6. The molecule has 0 spiro atoms. The number of hydrogen-bond acceptors (Lipinski definition) is 6. The van der Waals surface area contributed by atoms with Crippen LogP contribution in [-0.4, -0.2) is 26.1 Å². The number of amides is 1. The summed E-state index contributed by atoms with van der Waals surface area (Å²) in [4.78, 5) is 13.5. The molecule has 4 aromatic carbocycles. The van der Waals surface area contributed by atoms with E-state index in [0.29, 0.717) is 11.3 Å². The Balaban J connectivity index is 1.48. The van der Waals surface area contributed by atoms with Gasteiger partial charge in [0.1, 0.15) is 22.9 Å². The number of aromatic nitrogens is 2. The molecule has 0 bridgehead atoms. The highest BCUT2D eigenvalue weighted by atomic mass is 19.4. The second-order valence-corrected chi connectivity index (χ2v) is 8.62. The predicted molar refractivity (Wildman–Crippen MR) is 141 cm³/mol. The number of ether oxygens (including phenoxy) is 1. The number of anilines is 2. The van der Waals surface area contributed by atoms with Crippen LogP contribution in [0, 0.1) is 0 Å². The van der Waals surface area contributed by atoms with Crippen molar-refractivity contribution in [2.24, 2.45) is 0 Å². The van der Waals surface area contributed by atoms with Crippen molar-refractivity contribution in [1.29, 1.82) is 0 Å². The molecular formula is C29H21F3N4O4. The van der Waals surface area contributed by atoms with Crippen molar-refractivity contribution in [3.8, 4) is 28.4 Å². The lowest BCUT2D eigenvalue weighted by atomic mass is 10.1. The number of benzene rings is 4. The van der Waals surface area contributed by atoms with Crippen LogP contribution in [0.25, 0.3) is 16.9 Å². The lowest BCUT2D eigenvalue weighted by Gasteiger charge is -2.15. The molecule has 5 rings (SSSR count). The topological polar surface area (TPSA) is 99.9 Å². The standard InChI is InChI=1S/C29H21F3N4O4/c30-29(31,32)20-10-7-13-24(14-20)40-25-16-21(15-23(17-25)36(38)39)33-28(37)26-18-35(22-11-5-2-6-12-22)34-27(26)19-8-3-1-4-9-19/h1-18,38-39H,(H,33,37). The maximum Gasteiger partial charge on any atom is 0.416 e. The van der Waals surface area contributed by atoms with Crippen LogP contribution >= 0.6 is 0 Å². The molecule has 0 atom stereocenters. The Labute approximate surface area is 226 Å². The second-order valence-electron chi connectivity index (χ2n) is 8.62. The largest absolute Gasteiger partial charge is 0.457 e. The maximum absolute atomic E-state index is 13.5. The van der Waals surface area contributed by atoms with Crippen LogP contribution in [0.3, 0.4) is 0 Å². The molecule has 0 radical (unpaired) electrons. The van der Waals surface area contributed by atoms with E-state index < -0.39 is 17.6 Å². The van der Waals surface area contributed by atoms with E-state index in [-0.39, 0.29) is 33.7 Å². The summed E-state index contributed by atoms with van der Waals surface area (Å²) in [6, 6.07) is 26.3. The Bertz CT molecular complexity index is 1640. The van der Waals surface area contributed by atoms with Gasteiger partial charge in [-0.2, -0.15) is 18.3 Å². The number of nitrogens with zero attached hydrogens (tertiary/aromatic N) is 3. The summed E-state index contributed by atoms with van der Waals surface area (Å²) in [5.41, 5.74) is 1.03. The third-order valence-corrected chi connectivity index (χ3v) is 5.80. The highest BCUT2D eigenvalue weighted by Gasteiger charge is 2.30. The predicted octanol–water partition coefficient (Wildman–Crippen LogP) is 7.19. The average Bonchev–Trinajstić information content (AvgIpc) is 3.40. The van der Waals surface area contributed by atoms with Crippen molar-refractivity contribution in [3.63, 3.8) is 0 Å². The van der Waals surface area contributed by atoms with Gasteiger partial charge >= 0.3 is 6.18 Å². The summed E-state index contributed by atoms with van der Waals surface area (Å²) >= 11 is 0. The smallest absolute Gasteiger partial charge is 0.416 e. The highest BCUT2D eigenvalue weighted by molar-refractivity contribution is 6.08. The molecule has 8 nitrogen and oxygen atoms in total. The fourth-order valence-electron chi connectivity index (χ4n) is 3.96. The number of alkyl halides is 3. The normalized spacial score (nSPS) is 11.2. The molecule has 1 amide bonds. The van der Waals surface area contributed by atoms with Crippen LogP contribution in [0.4, 0.5) is 24.5 Å². The van der Waals surface area contributed by atoms with Crippen molar-refractivity contribution in [2.45, 2.75) is 6.18 Å². The molecule has 5 aromatic rings. The van der Waals surface area contributed by atoms with Crippen molar-refractivity contribution in [1.82, 2.24) is 9.78 Å². The monoisotopic (exact) mass is 546 g/mol. The van der Waals surface area contributed by atoms with Gasteiger partial charge in [-0.1, -0.05) is 54.6 Å². The summed E-state index contributed by atoms with van der Waals surface area (Å²) in [5, 5.41) is 26.3. The summed E-state index contributed by atoms with van der Waals surface area (Å²) in [5.74, 6) is -0.753. The molecule has 1 aromatic heterocycles. The minimum Gasteiger partial charge on any atom is -0.457 e. The first-order valence-electron chi connectivity index (χ1n) is 11.9. The molecule has 0 fully saturated rings. The van der Waals surface area contributed by atoms with Crippen molar-refractivity contribution >= 4 is 17.3 Å². The summed E-state index contributed by atoms with van der Waals surface area (Å²) in [7, 11) is 0. The van der Waals surface area contributed by atoms with E-state index >= 15 is 0 Å². The Morgan fingerprint density at radius 1 is 0.850 bits per heavy atom. The van der Waals surface area contributed by atoms with Crippen LogP contribution in [0.1, 0.15) is 15.9 Å². The van der Waals surface area contributed by atoms with Crippen molar-refractivity contribution < 1.29 is 33.1 Å². The van der Waals surface area contributed by atoms with Crippen molar-refractivity contribution in [2.75, 3.05) is 10.5 Å². The van der Waals surface area contributed by atoms with E-state index in [0.717, 1.165) is 17.8 Å². The van der Waals surface area contributed by atoms with Crippen LogP contribution in [0.15, 0.2) is 109 Å². The Morgan fingerprint density at radius 2 is 1.55 bits per heavy atom. The number of carbonyl (C=O) groups excluding carboxylic acids is 1. The first-order valence-corrected chi connectivity index (χ1v) is 11.9. The Hall–Kier alpha value is -5.13. The van der Waals surface area contributed by atoms with E-state index in [9.17, 15) is 28.4 Å². The molecule has 1 heterocycles. The zero-order valence-electron chi connectivity index (χ0n) is 20.6. The van der Waals surface area contributed by atoms with Gasteiger partial charge in [-0.25, -0.2) is 4.68 Å². The zero-order chi connectivity index (χ0) is 28.3. The van der Waals surface area contributed by atoms with Gasteiger partial charge in [0.05, 0.1) is 16.8 Å². The Morgan fingerprint density at radius 3 is 2.23 bits per heavy atom. The second kappa shape index (κ2) is 10.9. The van der Waals surface area contributed by atoms with E-state index in [1.165, 1.54) is 30.3 Å². The number of rotatable bonds is 7. The summed E-state index contributed by atoms with van der Waals surface area (Å²) in [6.45, 7) is 0. The van der Waals surface area contributed by atoms with Gasteiger partial charge in [0, 0.05) is 29.6 Å². The molecule has 3 N–H and O–H groups in total. The molecular weight excluding hydrogens is 525 g/mol. The van der Waals surface area contributed by atoms with Gasteiger partial charge < -0.3 is 10.1 Å². The average molecular weight is 547 g/mol. The van der Waals surface area contributed by atoms with Crippen molar-refractivity contribution in [3.05, 3.63) is 120 Å². The van der Waals surface area contributed by atoms with Gasteiger partial charge in [-0.15, -0.1) is 5.23 Å². The van der Waals surface area contributed by atoms with Crippen LogP contribution in [0.2, 0.25) is 0 Å². The number of carbonyl (C=O) groups is 1. The molecule has 11 heteroatoms. The number of hydrogen-bond donors (Lipinski definition) is 3. The van der Waals surface area contributed by atoms with E-state index in [2.05, 4.69) is 10.4 Å². The first kappa shape index (κ1) is 26.5. The fourth-order valence-corrected chi connectivity index (χ4v) is 3.96. The van der Waals surface area contributed by atoms with E-state index in [1.807, 2.05) is 60.7 Å². The lowest BCUT2D eigenvalue weighted by molar-refractivity contribution is -0.137. The molecule has 0 aliphatic rings. The molecule has 0 saturated heterocycles. The third-order valence-electron chi connectivity index (χ3n) is 5.80. The maximum atomic E-state index is 13.5. The third kappa shape index (κ3) is 5.96. The molecule has 202 valence electrons. The summed E-state index contributed by atoms with van der Waals surface area (Å²) < 4.78 is 46.5.